The van der Waals surface area contributed by atoms with Gasteiger partial charge in [0.15, 0.2) is 0 Å². The van der Waals surface area contributed by atoms with Gasteiger partial charge in [-0.3, -0.25) is 9.97 Å². The number of hydrogen-bond donors (Lipinski definition) is 0. The van der Waals surface area contributed by atoms with Gasteiger partial charge in [-0.2, -0.15) is 0 Å². The van der Waals surface area contributed by atoms with E-state index >= 15 is 0 Å². The molecule has 26 heavy (non-hydrogen) atoms. The van der Waals surface area contributed by atoms with Gasteiger partial charge in [0.2, 0.25) is 0 Å². The monoisotopic (exact) mass is 384 g/mol. The van der Waals surface area contributed by atoms with Crippen molar-refractivity contribution in [2.24, 2.45) is 0 Å². The van der Waals surface area contributed by atoms with Crippen molar-refractivity contribution in [2.45, 2.75) is 62.2 Å². The van der Waals surface area contributed by atoms with Crippen molar-refractivity contribution < 1.29 is 0 Å². The summed E-state index contributed by atoms with van der Waals surface area (Å²) in [6, 6.07) is 8.54. The zero-order valence-corrected chi connectivity index (χ0v) is 17.5. The van der Waals surface area contributed by atoms with Crippen LogP contribution in [0.25, 0.3) is 21.8 Å². The average Bonchev–Trinajstić information content (AvgIpc) is 2.69. The first kappa shape index (κ1) is 19.5. The Morgan fingerprint density at radius 2 is 1.15 bits per heavy atom. The fraction of sp³-hybridized carbons (Fsp3) is 0.455. The molecule has 0 saturated carbocycles. The molecule has 0 amide bonds. The molecule has 0 aliphatic heterocycles. The number of thioether (sulfide) groups is 2. The van der Waals surface area contributed by atoms with Crippen molar-refractivity contribution in [1.29, 1.82) is 0 Å². The number of unbranched alkanes of at least 4 members (excludes halogenated alkanes) is 4. The number of aromatic nitrogens is 2. The van der Waals surface area contributed by atoms with Crippen LogP contribution in [0, 0.1) is 0 Å². The Kier molecular flexibility index (Phi) is 7.63. The molecule has 0 bridgehead atoms. The minimum atomic E-state index is 1.04. The van der Waals surface area contributed by atoms with E-state index in [1.54, 1.807) is 0 Å². The van der Waals surface area contributed by atoms with Crippen molar-refractivity contribution >= 4 is 45.3 Å². The lowest BCUT2D eigenvalue weighted by molar-refractivity contribution is 0.777. The van der Waals surface area contributed by atoms with Crippen LogP contribution < -0.4 is 0 Å². The molecule has 2 nitrogen and oxygen atoms in total. The number of rotatable bonds is 10. The molecule has 2 heterocycles. The van der Waals surface area contributed by atoms with Crippen molar-refractivity contribution in [3.63, 3.8) is 0 Å². The highest BCUT2D eigenvalue weighted by Gasteiger charge is 2.16. The van der Waals surface area contributed by atoms with E-state index in [9.17, 15) is 0 Å². The zero-order valence-electron chi connectivity index (χ0n) is 15.8. The second-order valence-electron chi connectivity index (χ2n) is 6.57. The highest BCUT2D eigenvalue weighted by Crippen LogP contribution is 2.42. The van der Waals surface area contributed by atoms with Crippen LogP contribution in [0.3, 0.4) is 0 Å². The van der Waals surface area contributed by atoms with Gasteiger partial charge in [-0.25, -0.2) is 0 Å². The maximum atomic E-state index is 4.68. The lowest BCUT2D eigenvalue weighted by atomic mass is 10.1. The molecule has 1 aromatic carbocycles. The SMILES string of the molecule is CCCCCSc1c(SCCCCC)c2cccnc2c2ncccc12. The van der Waals surface area contributed by atoms with Gasteiger partial charge in [-0.05, 0) is 36.5 Å². The molecular formula is C22H28N2S2. The highest BCUT2D eigenvalue weighted by molar-refractivity contribution is 8.02. The van der Waals surface area contributed by atoms with E-state index in [-0.39, 0.29) is 0 Å². The molecule has 3 rings (SSSR count). The van der Waals surface area contributed by atoms with E-state index < -0.39 is 0 Å². The van der Waals surface area contributed by atoms with E-state index in [0.29, 0.717) is 0 Å². The van der Waals surface area contributed by atoms with Gasteiger partial charge >= 0.3 is 0 Å². The van der Waals surface area contributed by atoms with Crippen LogP contribution in [0.2, 0.25) is 0 Å². The van der Waals surface area contributed by atoms with Crippen LogP contribution in [0.5, 0.6) is 0 Å². The van der Waals surface area contributed by atoms with Crippen LogP contribution in [0.4, 0.5) is 0 Å². The van der Waals surface area contributed by atoms with E-state index in [4.69, 9.17) is 0 Å². The second kappa shape index (κ2) is 10.2. The standard InChI is InChI=1S/C22H28N2S2/c1-3-5-7-15-25-21-17-11-9-13-23-19(17)20-18(12-10-14-24-20)22(21)26-16-8-6-4-2/h9-14H,3-8,15-16H2,1-2H3. The first-order chi connectivity index (χ1) is 12.9. The molecule has 0 radical (unpaired) electrons. The van der Waals surface area contributed by atoms with Crippen molar-refractivity contribution in [3.8, 4) is 0 Å². The predicted octanol–water partition coefficient (Wildman–Crippen LogP) is 7.35. The third-order valence-corrected chi connectivity index (χ3v) is 7.06. The van der Waals surface area contributed by atoms with Crippen LogP contribution in [0.1, 0.15) is 52.4 Å². The molecule has 0 atom stereocenters. The van der Waals surface area contributed by atoms with Gasteiger partial charge < -0.3 is 0 Å². The normalized spacial score (nSPS) is 11.5. The third kappa shape index (κ3) is 4.52. The molecule has 2 aromatic heterocycles. The summed E-state index contributed by atoms with van der Waals surface area (Å²) in [5.74, 6) is 2.35. The molecule has 0 saturated heterocycles. The van der Waals surface area contributed by atoms with Crippen molar-refractivity contribution in [1.82, 2.24) is 9.97 Å². The number of hydrogen-bond acceptors (Lipinski definition) is 4. The Bertz CT molecular complexity index is 777. The third-order valence-electron chi connectivity index (χ3n) is 4.52. The molecule has 0 aliphatic carbocycles. The maximum absolute atomic E-state index is 4.68. The van der Waals surface area contributed by atoms with Crippen LogP contribution in [-0.4, -0.2) is 21.5 Å². The summed E-state index contributed by atoms with van der Waals surface area (Å²) in [5.41, 5.74) is 2.08. The first-order valence-electron chi connectivity index (χ1n) is 9.77. The summed E-state index contributed by atoms with van der Waals surface area (Å²) >= 11 is 4.01. The quantitative estimate of drug-likeness (QED) is 0.207. The lowest BCUT2D eigenvalue weighted by Gasteiger charge is -2.15. The Morgan fingerprint density at radius 1 is 0.692 bits per heavy atom. The van der Waals surface area contributed by atoms with Gasteiger partial charge in [0, 0.05) is 33.0 Å². The first-order valence-corrected chi connectivity index (χ1v) is 11.7. The Morgan fingerprint density at radius 3 is 1.58 bits per heavy atom. The summed E-state index contributed by atoms with van der Waals surface area (Å²) < 4.78 is 0. The van der Waals surface area contributed by atoms with E-state index in [0.717, 1.165) is 11.0 Å². The molecular weight excluding hydrogens is 356 g/mol. The Hall–Kier alpha value is -1.26. The topological polar surface area (TPSA) is 25.8 Å². The van der Waals surface area contributed by atoms with Crippen molar-refractivity contribution in [3.05, 3.63) is 36.7 Å². The number of fused-ring (bicyclic) bond motifs is 3. The summed E-state index contributed by atoms with van der Waals surface area (Å²) in [7, 11) is 0. The lowest BCUT2D eigenvalue weighted by Crippen LogP contribution is -1.93. The summed E-state index contributed by atoms with van der Waals surface area (Å²) in [6.07, 6.45) is 11.5. The van der Waals surface area contributed by atoms with Crippen LogP contribution in [-0.2, 0) is 0 Å². The molecule has 138 valence electrons. The van der Waals surface area contributed by atoms with Gasteiger partial charge in [0.05, 0.1) is 11.0 Å². The minimum absolute atomic E-state index is 1.04. The fourth-order valence-electron chi connectivity index (χ4n) is 3.14. The van der Waals surface area contributed by atoms with Crippen molar-refractivity contribution in [2.75, 3.05) is 11.5 Å². The Balaban J connectivity index is 2.05. The molecule has 0 spiro atoms. The molecule has 0 unspecified atom stereocenters. The Labute approximate surface area is 165 Å². The van der Waals surface area contributed by atoms with E-state index in [1.807, 2.05) is 35.9 Å². The van der Waals surface area contributed by atoms with Gasteiger partial charge in [-0.1, -0.05) is 51.7 Å². The largest absolute Gasteiger partial charge is 0.254 e. The minimum Gasteiger partial charge on any atom is -0.254 e. The van der Waals surface area contributed by atoms with Gasteiger partial charge in [-0.15, -0.1) is 23.5 Å². The fourth-order valence-corrected chi connectivity index (χ4v) is 5.72. The number of nitrogens with zero attached hydrogens (tertiary/aromatic N) is 2. The van der Waals surface area contributed by atoms with Crippen LogP contribution >= 0.6 is 23.5 Å². The highest BCUT2D eigenvalue weighted by atomic mass is 32.2. The number of pyridine rings is 2. The molecule has 4 heteroatoms. The van der Waals surface area contributed by atoms with Gasteiger partial charge in [0.1, 0.15) is 0 Å². The van der Waals surface area contributed by atoms with Crippen LogP contribution in [0.15, 0.2) is 46.5 Å². The maximum Gasteiger partial charge on any atom is 0.0976 e. The smallest absolute Gasteiger partial charge is 0.0976 e. The summed E-state index contributed by atoms with van der Waals surface area (Å²) in [5, 5.41) is 2.52. The molecule has 0 fully saturated rings. The molecule has 3 aromatic rings. The molecule has 0 aliphatic rings. The summed E-state index contributed by atoms with van der Waals surface area (Å²) in [4.78, 5) is 12.2. The summed E-state index contributed by atoms with van der Waals surface area (Å²) in [6.45, 7) is 4.53. The van der Waals surface area contributed by atoms with E-state index in [1.165, 1.54) is 70.6 Å². The number of benzene rings is 1. The molecule has 0 N–H and O–H groups in total. The zero-order chi connectivity index (χ0) is 18.2. The average molecular weight is 385 g/mol. The second-order valence-corrected chi connectivity index (χ2v) is 8.78. The predicted molar refractivity (Wildman–Crippen MR) is 118 cm³/mol. The van der Waals surface area contributed by atoms with Gasteiger partial charge in [0.25, 0.3) is 0 Å². The van der Waals surface area contributed by atoms with E-state index in [2.05, 4.69) is 48.1 Å².